The minimum Gasteiger partial charge on any atom is -0.496 e. The van der Waals surface area contributed by atoms with Crippen LogP contribution < -0.4 is 20.7 Å². The predicted molar refractivity (Wildman–Crippen MR) is 100 cm³/mol. The minimum atomic E-state index is -2.98. The van der Waals surface area contributed by atoms with Crippen molar-refractivity contribution in [1.29, 1.82) is 0 Å². The van der Waals surface area contributed by atoms with Gasteiger partial charge in [0.1, 0.15) is 5.75 Å². The Labute approximate surface area is 144 Å². The largest absolute Gasteiger partial charge is 0.496 e. The lowest BCUT2D eigenvalue weighted by molar-refractivity contribution is 0.412. The highest BCUT2D eigenvalue weighted by atomic mass is 79.9. The number of rotatable bonds is 4. The molecule has 0 aliphatic rings. The van der Waals surface area contributed by atoms with E-state index in [2.05, 4.69) is 15.9 Å². The van der Waals surface area contributed by atoms with Gasteiger partial charge in [-0.15, -0.1) is 0 Å². The smallest absolute Gasteiger partial charge is 0.172 e. The average molecular weight is 387 g/mol. The second-order valence-corrected chi connectivity index (χ2v) is 8.60. The van der Waals surface area contributed by atoms with Crippen molar-refractivity contribution in [1.82, 2.24) is 0 Å². The van der Waals surface area contributed by atoms with Gasteiger partial charge in [-0.1, -0.05) is 66.7 Å². The number of hydrogen-bond donors (Lipinski definition) is 0. The number of halogens is 1. The molecule has 0 heterocycles. The van der Waals surface area contributed by atoms with E-state index in [9.17, 15) is 4.57 Å². The molecular weight excluding hydrogens is 371 g/mol. The molecule has 0 saturated carbocycles. The first-order valence-electron chi connectivity index (χ1n) is 7.22. The van der Waals surface area contributed by atoms with Crippen molar-refractivity contribution in [3.63, 3.8) is 0 Å². The number of ether oxygens (including phenoxy) is 1. The lowest BCUT2D eigenvalue weighted by Gasteiger charge is -2.22. The van der Waals surface area contributed by atoms with Gasteiger partial charge in [0.25, 0.3) is 0 Å². The van der Waals surface area contributed by atoms with Crippen LogP contribution >= 0.6 is 23.1 Å². The van der Waals surface area contributed by atoms with Crippen molar-refractivity contribution >= 4 is 39.0 Å². The van der Waals surface area contributed by atoms with E-state index in [0.29, 0.717) is 5.75 Å². The molecule has 0 aromatic heterocycles. The van der Waals surface area contributed by atoms with Gasteiger partial charge in [-0.25, -0.2) is 0 Å². The van der Waals surface area contributed by atoms with Crippen molar-refractivity contribution in [3.05, 3.63) is 83.3 Å². The van der Waals surface area contributed by atoms with Crippen LogP contribution in [0.25, 0.3) is 0 Å². The molecule has 4 heteroatoms. The third-order valence-electron chi connectivity index (χ3n) is 3.74. The summed E-state index contributed by atoms with van der Waals surface area (Å²) in [7, 11) is -1.37. The monoisotopic (exact) mass is 386 g/mol. The summed E-state index contributed by atoms with van der Waals surface area (Å²) in [5, 5.41) is 2.36. The van der Waals surface area contributed by atoms with Crippen molar-refractivity contribution < 1.29 is 9.30 Å². The lowest BCUT2D eigenvalue weighted by atomic mass is 10.3. The maximum Gasteiger partial charge on any atom is 0.172 e. The Hall–Kier alpha value is -1.83. The van der Waals surface area contributed by atoms with Crippen molar-refractivity contribution in [2.75, 3.05) is 7.11 Å². The summed E-state index contributed by atoms with van der Waals surface area (Å²) in [6.45, 7) is 0. The SMILES string of the molecule is COc1cccc(P(=O)(c2ccccc2)c2ccccc2)c1Br. The molecule has 23 heavy (non-hydrogen) atoms. The number of hydrogen-bond acceptors (Lipinski definition) is 2. The molecule has 0 fully saturated rings. The second kappa shape index (κ2) is 6.74. The van der Waals surface area contributed by atoms with E-state index in [1.54, 1.807) is 7.11 Å². The van der Waals surface area contributed by atoms with Gasteiger partial charge in [0, 0.05) is 15.9 Å². The Balaban J connectivity index is 2.33. The molecule has 0 amide bonds. The standard InChI is InChI=1S/C19H16BrO2P/c1-22-17-13-8-14-18(19(17)20)23(21,15-9-4-2-5-10-15)16-11-6-3-7-12-16/h2-14H,1H3. The molecule has 0 aliphatic carbocycles. The molecule has 0 unspecified atom stereocenters. The summed E-state index contributed by atoms with van der Waals surface area (Å²) >= 11 is 3.57. The number of methoxy groups -OCH3 is 1. The minimum absolute atomic E-state index is 0.676. The first kappa shape index (κ1) is 16.0. The normalized spacial score (nSPS) is 11.2. The zero-order valence-corrected chi connectivity index (χ0v) is 15.1. The molecule has 0 saturated heterocycles. The first-order valence-corrected chi connectivity index (χ1v) is 9.72. The molecule has 3 aromatic carbocycles. The maximum atomic E-state index is 14.2. The predicted octanol–water partition coefficient (Wildman–Crippen LogP) is 4.10. The molecule has 0 N–H and O–H groups in total. The fraction of sp³-hybridized carbons (Fsp3) is 0.0526. The Bertz CT molecular complexity index is 804. The molecule has 0 atom stereocenters. The third kappa shape index (κ3) is 2.87. The van der Waals surface area contributed by atoms with Crippen LogP contribution in [0.5, 0.6) is 5.75 Å². The van der Waals surface area contributed by atoms with Crippen molar-refractivity contribution in [3.8, 4) is 5.75 Å². The zero-order valence-electron chi connectivity index (χ0n) is 12.6. The second-order valence-electron chi connectivity index (χ2n) is 5.07. The van der Waals surface area contributed by atoms with Crippen molar-refractivity contribution in [2.45, 2.75) is 0 Å². The maximum absolute atomic E-state index is 14.2. The summed E-state index contributed by atoms with van der Waals surface area (Å²) in [6, 6.07) is 24.8. The van der Waals surface area contributed by atoms with Crippen LogP contribution in [0.15, 0.2) is 83.3 Å². The van der Waals surface area contributed by atoms with Crippen LogP contribution in [0.3, 0.4) is 0 Å². The van der Waals surface area contributed by atoms with E-state index in [0.717, 1.165) is 20.4 Å². The molecule has 0 bridgehead atoms. The van der Waals surface area contributed by atoms with Gasteiger partial charge in [-0.2, -0.15) is 0 Å². The molecule has 0 radical (unpaired) electrons. The summed E-state index contributed by atoms with van der Waals surface area (Å²) < 4.78 is 20.3. The molecule has 0 aliphatic heterocycles. The van der Waals surface area contributed by atoms with E-state index >= 15 is 0 Å². The van der Waals surface area contributed by atoms with Gasteiger partial charge in [0.05, 0.1) is 11.6 Å². The fourth-order valence-electron chi connectivity index (χ4n) is 2.60. The Kier molecular flexibility index (Phi) is 4.70. The summed E-state index contributed by atoms with van der Waals surface area (Å²) in [5.41, 5.74) is 0. The zero-order chi connectivity index (χ0) is 16.3. The molecule has 3 rings (SSSR count). The first-order chi connectivity index (χ1) is 11.2. The highest BCUT2D eigenvalue weighted by Gasteiger charge is 2.32. The summed E-state index contributed by atoms with van der Waals surface area (Å²) in [5.74, 6) is 0.676. The van der Waals surface area contributed by atoms with Gasteiger partial charge in [-0.3, -0.25) is 0 Å². The third-order valence-corrected chi connectivity index (χ3v) is 7.97. The van der Waals surface area contributed by atoms with Gasteiger partial charge >= 0.3 is 0 Å². The molecule has 116 valence electrons. The van der Waals surface area contributed by atoms with E-state index in [4.69, 9.17) is 4.74 Å². The van der Waals surface area contributed by atoms with Crippen molar-refractivity contribution in [2.24, 2.45) is 0 Å². The molecule has 0 spiro atoms. The quantitative estimate of drug-likeness (QED) is 0.631. The van der Waals surface area contributed by atoms with E-state index in [-0.39, 0.29) is 0 Å². The highest BCUT2D eigenvalue weighted by molar-refractivity contribution is 9.10. The summed E-state index contributed by atoms with van der Waals surface area (Å²) in [6.07, 6.45) is 0. The Morgan fingerprint density at radius 1 is 0.783 bits per heavy atom. The van der Waals surface area contributed by atoms with Crippen LogP contribution in [-0.4, -0.2) is 7.11 Å². The van der Waals surface area contributed by atoms with Gasteiger partial charge in [-0.05, 0) is 28.1 Å². The molecular formula is C19H16BrO2P. The van der Waals surface area contributed by atoms with Crippen LogP contribution in [0.1, 0.15) is 0 Å². The van der Waals surface area contributed by atoms with Crippen LogP contribution in [-0.2, 0) is 4.57 Å². The van der Waals surface area contributed by atoms with E-state index in [1.165, 1.54) is 0 Å². The average Bonchev–Trinajstić information content (AvgIpc) is 2.63. The van der Waals surface area contributed by atoms with Crippen LogP contribution in [0.4, 0.5) is 0 Å². The van der Waals surface area contributed by atoms with Gasteiger partial charge < -0.3 is 9.30 Å². The number of benzene rings is 3. The van der Waals surface area contributed by atoms with E-state index in [1.807, 2.05) is 78.9 Å². The topological polar surface area (TPSA) is 26.3 Å². The summed E-state index contributed by atoms with van der Waals surface area (Å²) in [4.78, 5) is 0. The molecule has 3 aromatic rings. The fourth-order valence-corrected chi connectivity index (χ4v) is 6.50. The van der Waals surface area contributed by atoms with Gasteiger partial charge in [0.2, 0.25) is 0 Å². The van der Waals surface area contributed by atoms with Crippen LogP contribution in [0.2, 0.25) is 0 Å². The van der Waals surface area contributed by atoms with Crippen LogP contribution in [0, 0.1) is 0 Å². The van der Waals surface area contributed by atoms with E-state index < -0.39 is 7.14 Å². The Morgan fingerprint density at radius 3 is 1.78 bits per heavy atom. The van der Waals surface area contributed by atoms with Gasteiger partial charge in [0.15, 0.2) is 7.14 Å². The highest BCUT2D eigenvalue weighted by Crippen LogP contribution is 2.45. The lowest BCUT2D eigenvalue weighted by Crippen LogP contribution is -2.26. The Morgan fingerprint density at radius 2 is 1.30 bits per heavy atom. The molecule has 2 nitrogen and oxygen atoms in total.